The predicted octanol–water partition coefficient (Wildman–Crippen LogP) is 3.59. The van der Waals surface area contributed by atoms with Crippen LogP contribution in [-0.2, 0) is 0 Å². The van der Waals surface area contributed by atoms with Crippen molar-refractivity contribution in [3.8, 4) is 16.9 Å². The Labute approximate surface area is 125 Å². The van der Waals surface area contributed by atoms with Crippen molar-refractivity contribution in [1.82, 2.24) is 14.5 Å². The summed E-state index contributed by atoms with van der Waals surface area (Å²) in [6.07, 6.45) is 5.27. The molecule has 4 nitrogen and oxygen atoms in total. The molecule has 0 fully saturated rings. The maximum atomic E-state index is 5.97. The number of nitrogens with two attached hydrogens (primary N) is 1. The Morgan fingerprint density at radius 3 is 2.90 bits per heavy atom. The van der Waals surface area contributed by atoms with Gasteiger partial charge in [0.25, 0.3) is 0 Å². The van der Waals surface area contributed by atoms with Gasteiger partial charge in [-0.3, -0.25) is 4.57 Å². The molecule has 2 heterocycles. The molecule has 0 saturated heterocycles. The van der Waals surface area contributed by atoms with E-state index < -0.39 is 0 Å². The average Bonchev–Trinajstić information content (AvgIpc) is 2.91. The summed E-state index contributed by atoms with van der Waals surface area (Å²) in [6.45, 7) is 2.07. The first-order chi connectivity index (χ1) is 9.66. The second kappa shape index (κ2) is 5.09. The van der Waals surface area contributed by atoms with Gasteiger partial charge in [0.05, 0.1) is 23.9 Å². The highest BCUT2D eigenvalue weighted by Gasteiger charge is 2.12. The third-order valence-electron chi connectivity index (χ3n) is 3.18. The van der Waals surface area contributed by atoms with E-state index in [1.807, 2.05) is 22.8 Å². The third-order valence-corrected chi connectivity index (χ3v) is 3.68. The Bertz CT molecular complexity index is 764. The number of aryl methyl sites for hydroxylation is 1. The van der Waals surface area contributed by atoms with Gasteiger partial charge >= 0.3 is 0 Å². The van der Waals surface area contributed by atoms with Crippen LogP contribution in [-0.4, -0.2) is 14.5 Å². The fourth-order valence-corrected chi connectivity index (χ4v) is 2.51. The minimum Gasteiger partial charge on any atom is -0.383 e. The molecule has 0 unspecified atom stereocenters. The summed E-state index contributed by atoms with van der Waals surface area (Å²) < 4.78 is 3.05. The Morgan fingerprint density at radius 1 is 1.25 bits per heavy atom. The molecule has 0 aliphatic rings. The zero-order chi connectivity index (χ0) is 14.1. The van der Waals surface area contributed by atoms with E-state index in [-0.39, 0.29) is 0 Å². The van der Waals surface area contributed by atoms with Crippen LogP contribution in [0.3, 0.4) is 0 Å². The van der Waals surface area contributed by atoms with E-state index in [0.29, 0.717) is 5.82 Å². The van der Waals surface area contributed by atoms with Crippen molar-refractivity contribution in [3.63, 3.8) is 0 Å². The molecular formula is C15H13BrN4. The van der Waals surface area contributed by atoms with Crippen molar-refractivity contribution in [2.24, 2.45) is 0 Å². The van der Waals surface area contributed by atoms with E-state index in [9.17, 15) is 0 Å². The standard InChI is InChI=1S/C15H13BrN4/c1-10-4-5-11(16)7-13(10)20-9-18-8-14(20)12-3-2-6-19-15(12)17/h2-9H,1H3,(H2,17,19). The molecule has 3 rings (SSSR count). The van der Waals surface area contributed by atoms with Gasteiger partial charge in [0.1, 0.15) is 5.82 Å². The Balaban J connectivity index is 2.21. The first-order valence-corrected chi connectivity index (χ1v) is 6.96. The number of aromatic nitrogens is 3. The van der Waals surface area contributed by atoms with Crippen molar-refractivity contribution in [1.29, 1.82) is 0 Å². The molecule has 0 spiro atoms. The number of anilines is 1. The topological polar surface area (TPSA) is 56.7 Å². The number of pyridine rings is 1. The molecule has 5 heteroatoms. The van der Waals surface area contributed by atoms with E-state index in [1.165, 1.54) is 0 Å². The molecule has 2 aromatic heterocycles. The monoisotopic (exact) mass is 328 g/mol. The van der Waals surface area contributed by atoms with E-state index in [0.717, 1.165) is 27.0 Å². The number of hydrogen-bond acceptors (Lipinski definition) is 3. The van der Waals surface area contributed by atoms with Gasteiger partial charge in [-0.25, -0.2) is 9.97 Å². The van der Waals surface area contributed by atoms with Gasteiger partial charge in [-0.05, 0) is 36.8 Å². The second-order valence-electron chi connectivity index (χ2n) is 4.52. The minimum absolute atomic E-state index is 0.502. The smallest absolute Gasteiger partial charge is 0.132 e. The molecule has 1 aromatic carbocycles. The number of rotatable bonds is 2. The minimum atomic E-state index is 0.502. The zero-order valence-electron chi connectivity index (χ0n) is 10.9. The Kier molecular flexibility index (Phi) is 3.28. The van der Waals surface area contributed by atoms with Crippen LogP contribution in [0, 0.1) is 6.92 Å². The van der Waals surface area contributed by atoms with Crippen LogP contribution < -0.4 is 5.73 Å². The first kappa shape index (κ1) is 12.9. The molecular weight excluding hydrogens is 316 g/mol. The van der Waals surface area contributed by atoms with Crippen molar-refractivity contribution in [2.45, 2.75) is 6.92 Å². The molecule has 0 radical (unpaired) electrons. The lowest BCUT2D eigenvalue weighted by Crippen LogP contribution is -2.01. The van der Waals surface area contributed by atoms with Crippen molar-refractivity contribution >= 4 is 21.7 Å². The molecule has 2 N–H and O–H groups in total. The van der Waals surface area contributed by atoms with Gasteiger partial charge in [-0.2, -0.15) is 0 Å². The summed E-state index contributed by atoms with van der Waals surface area (Å²) in [5, 5.41) is 0. The number of imidazole rings is 1. The van der Waals surface area contributed by atoms with Crippen LogP contribution in [0.15, 0.2) is 53.5 Å². The summed E-state index contributed by atoms with van der Waals surface area (Å²) >= 11 is 3.51. The Hall–Kier alpha value is -2.14. The van der Waals surface area contributed by atoms with Gasteiger partial charge in [-0.1, -0.05) is 22.0 Å². The quantitative estimate of drug-likeness (QED) is 0.782. The maximum absolute atomic E-state index is 5.97. The lowest BCUT2D eigenvalue weighted by molar-refractivity contribution is 1.04. The largest absolute Gasteiger partial charge is 0.383 e. The molecule has 20 heavy (non-hydrogen) atoms. The highest BCUT2D eigenvalue weighted by molar-refractivity contribution is 9.10. The number of halogens is 1. The maximum Gasteiger partial charge on any atom is 0.132 e. The number of nitrogen functional groups attached to an aromatic ring is 1. The average molecular weight is 329 g/mol. The normalized spacial score (nSPS) is 10.7. The van der Waals surface area contributed by atoms with Gasteiger partial charge in [0.15, 0.2) is 0 Å². The predicted molar refractivity (Wildman–Crippen MR) is 83.6 cm³/mol. The SMILES string of the molecule is Cc1ccc(Br)cc1-n1cncc1-c1cccnc1N. The fourth-order valence-electron chi connectivity index (χ4n) is 2.16. The highest BCUT2D eigenvalue weighted by atomic mass is 79.9. The number of benzene rings is 1. The first-order valence-electron chi connectivity index (χ1n) is 6.16. The van der Waals surface area contributed by atoms with Gasteiger partial charge < -0.3 is 5.73 Å². The summed E-state index contributed by atoms with van der Waals surface area (Å²) in [5.74, 6) is 0.502. The van der Waals surface area contributed by atoms with Crippen LogP contribution in [0.25, 0.3) is 16.9 Å². The summed E-state index contributed by atoms with van der Waals surface area (Å²) in [4.78, 5) is 8.39. The summed E-state index contributed by atoms with van der Waals surface area (Å²) in [5.41, 5.74) is 10.00. The van der Waals surface area contributed by atoms with Gasteiger partial charge in [0, 0.05) is 16.2 Å². The third kappa shape index (κ3) is 2.20. The Morgan fingerprint density at radius 2 is 2.10 bits per heavy atom. The number of nitrogens with zero attached hydrogens (tertiary/aromatic N) is 3. The molecule has 0 aliphatic heterocycles. The van der Waals surface area contributed by atoms with E-state index in [2.05, 4.69) is 45.0 Å². The van der Waals surface area contributed by atoms with E-state index in [1.54, 1.807) is 18.7 Å². The van der Waals surface area contributed by atoms with Crippen LogP contribution >= 0.6 is 15.9 Å². The molecule has 100 valence electrons. The van der Waals surface area contributed by atoms with Crippen molar-refractivity contribution < 1.29 is 0 Å². The van der Waals surface area contributed by atoms with Crippen LogP contribution in [0.4, 0.5) is 5.82 Å². The summed E-state index contributed by atoms with van der Waals surface area (Å²) in [7, 11) is 0. The van der Waals surface area contributed by atoms with E-state index >= 15 is 0 Å². The van der Waals surface area contributed by atoms with Gasteiger partial charge in [0.2, 0.25) is 0 Å². The molecule has 0 atom stereocenters. The molecule has 0 amide bonds. The molecule has 0 saturated carbocycles. The second-order valence-corrected chi connectivity index (χ2v) is 5.43. The lowest BCUT2D eigenvalue weighted by atomic mass is 10.1. The lowest BCUT2D eigenvalue weighted by Gasteiger charge is -2.12. The van der Waals surface area contributed by atoms with Crippen LogP contribution in [0.2, 0.25) is 0 Å². The fraction of sp³-hybridized carbons (Fsp3) is 0.0667. The van der Waals surface area contributed by atoms with Crippen LogP contribution in [0.5, 0.6) is 0 Å². The highest BCUT2D eigenvalue weighted by Crippen LogP contribution is 2.28. The molecule has 0 aliphatic carbocycles. The number of hydrogen-bond donors (Lipinski definition) is 1. The molecule has 3 aromatic rings. The zero-order valence-corrected chi connectivity index (χ0v) is 12.5. The van der Waals surface area contributed by atoms with Gasteiger partial charge in [-0.15, -0.1) is 0 Å². The van der Waals surface area contributed by atoms with E-state index in [4.69, 9.17) is 5.73 Å². The van der Waals surface area contributed by atoms with Crippen molar-refractivity contribution in [2.75, 3.05) is 5.73 Å². The van der Waals surface area contributed by atoms with Crippen LogP contribution in [0.1, 0.15) is 5.56 Å². The molecule has 0 bridgehead atoms. The van der Waals surface area contributed by atoms with Crippen molar-refractivity contribution in [3.05, 3.63) is 59.1 Å². The summed E-state index contributed by atoms with van der Waals surface area (Å²) in [6, 6.07) is 9.97.